The van der Waals surface area contributed by atoms with E-state index in [2.05, 4.69) is 11.8 Å². The molecule has 0 spiro atoms. The third-order valence-electron chi connectivity index (χ3n) is 3.67. The normalized spacial score (nSPS) is 21.6. The van der Waals surface area contributed by atoms with Gasteiger partial charge in [0.1, 0.15) is 5.82 Å². The first-order valence-corrected chi connectivity index (χ1v) is 6.48. The molecule has 0 radical (unpaired) electrons. The fourth-order valence-electron chi connectivity index (χ4n) is 2.64. The minimum absolute atomic E-state index is 0.176. The van der Waals surface area contributed by atoms with Crippen LogP contribution < -0.4 is 5.73 Å². The molecule has 1 aromatic rings. The molecule has 1 atom stereocenters. The molecule has 1 fully saturated rings. The van der Waals surface area contributed by atoms with Gasteiger partial charge in [-0.1, -0.05) is 19.4 Å². The topological polar surface area (TPSA) is 29.3 Å². The quantitative estimate of drug-likeness (QED) is 0.817. The average molecular weight is 236 g/mol. The highest BCUT2D eigenvalue weighted by atomic mass is 19.1. The summed E-state index contributed by atoms with van der Waals surface area (Å²) in [7, 11) is 0. The van der Waals surface area contributed by atoms with E-state index in [0.717, 1.165) is 18.5 Å². The first-order chi connectivity index (χ1) is 8.20. The van der Waals surface area contributed by atoms with E-state index in [9.17, 15) is 4.39 Å². The molecule has 1 aliphatic rings. The van der Waals surface area contributed by atoms with E-state index in [1.807, 2.05) is 6.07 Å². The zero-order valence-electron chi connectivity index (χ0n) is 10.5. The summed E-state index contributed by atoms with van der Waals surface area (Å²) in [5.41, 5.74) is 6.82. The highest BCUT2D eigenvalue weighted by Gasteiger charge is 2.21. The first-order valence-electron chi connectivity index (χ1n) is 6.48. The number of nitrogen functional groups attached to an aromatic ring is 1. The summed E-state index contributed by atoms with van der Waals surface area (Å²) < 4.78 is 13.7. The van der Waals surface area contributed by atoms with Crippen LogP contribution in [0, 0.1) is 5.82 Å². The number of rotatable bonds is 3. The molecule has 0 bridgehead atoms. The van der Waals surface area contributed by atoms with Crippen molar-refractivity contribution in [3.05, 3.63) is 29.6 Å². The Bertz CT molecular complexity index is 378. The summed E-state index contributed by atoms with van der Waals surface area (Å²) in [5, 5.41) is 0. The molecule has 0 aromatic heterocycles. The van der Waals surface area contributed by atoms with E-state index < -0.39 is 0 Å². The Morgan fingerprint density at radius 3 is 2.94 bits per heavy atom. The van der Waals surface area contributed by atoms with Gasteiger partial charge < -0.3 is 5.73 Å². The van der Waals surface area contributed by atoms with Crippen molar-refractivity contribution in [2.75, 3.05) is 12.3 Å². The van der Waals surface area contributed by atoms with Gasteiger partial charge in [0, 0.05) is 23.8 Å². The molecule has 0 saturated carbocycles. The van der Waals surface area contributed by atoms with Crippen molar-refractivity contribution in [3.8, 4) is 0 Å². The van der Waals surface area contributed by atoms with Crippen molar-refractivity contribution in [2.24, 2.45) is 0 Å². The van der Waals surface area contributed by atoms with Crippen molar-refractivity contribution in [1.82, 2.24) is 4.90 Å². The largest absolute Gasteiger partial charge is 0.399 e. The molecule has 1 saturated heterocycles. The second kappa shape index (κ2) is 5.50. The van der Waals surface area contributed by atoms with Gasteiger partial charge in [-0.05, 0) is 37.9 Å². The van der Waals surface area contributed by atoms with Crippen LogP contribution in [0.1, 0.15) is 38.2 Å². The molecule has 2 rings (SSSR count). The molecule has 17 heavy (non-hydrogen) atoms. The van der Waals surface area contributed by atoms with Gasteiger partial charge in [-0.2, -0.15) is 0 Å². The predicted molar refractivity (Wildman–Crippen MR) is 69.2 cm³/mol. The van der Waals surface area contributed by atoms with Gasteiger partial charge in [0.15, 0.2) is 0 Å². The number of anilines is 1. The summed E-state index contributed by atoms with van der Waals surface area (Å²) in [5.74, 6) is -0.176. The van der Waals surface area contributed by atoms with Crippen LogP contribution in [-0.2, 0) is 6.54 Å². The summed E-state index contributed by atoms with van der Waals surface area (Å²) in [6, 6.07) is 5.62. The number of nitrogens with zero attached hydrogens (tertiary/aromatic N) is 1. The Morgan fingerprint density at radius 2 is 2.24 bits per heavy atom. The number of piperidine rings is 1. The number of halogens is 1. The van der Waals surface area contributed by atoms with Crippen LogP contribution in [0.3, 0.4) is 0 Å². The van der Waals surface area contributed by atoms with Crippen molar-refractivity contribution in [1.29, 1.82) is 0 Å². The molecule has 1 aliphatic heterocycles. The Labute approximate surface area is 103 Å². The number of hydrogen-bond donors (Lipinski definition) is 1. The number of benzene rings is 1. The Morgan fingerprint density at radius 1 is 1.41 bits per heavy atom. The summed E-state index contributed by atoms with van der Waals surface area (Å²) >= 11 is 0. The minimum atomic E-state index is -0.176. The van der Waals surface area contributed by atoms with Gasteiger partial charge in [-0.15, -0.1) is 0 Å². The van der Waals surface area contributed by atoms with E-state index in [-0.39, 0.29) is 5.82 Å². The standard InChI is InChI=1S/C14H21FN2/c1-2-13-5-3-4-8-17(13)10-11-6-7-12(16)9-14(11)15/h6-7,9,13H,2-5,8,10,16H2,1H3. The van der Waals surface area contributed by atoms with Crippen molar-refractivity contribution < 1.29 is 4.39 Å². The molecular weight excluding hydrogens is 215 g/mol. The second-order valence-corrected chi connectivity index (χ2v) is 4.88. The summed E-state index contributed by atoms with van der Waals surface area (Å²) in [6.07, 6.45) is 4.93. The molecule has 94 valence electrons. The highest BCUT2D eigenvalue weighted by Crippen LogP contribution is 2.23. The van der Waals surface area contributed by atoms with Crippen LogP contribution in [0.15, 0.2) is 18.2 Å². The third kappa shape index (κ3) is 2.97. The first kappa shape index (κ1) is 12.4. The molecule has 3 heteroatoms. The lowest BCUT2D eigenvalue weighted by Crippen LogP contribution is -2.38. The molecule has 0 amide bonds. The monoisotopic (exact) mass is 236 g/mol. The Hall–Kier alpha value is -1.09. The molecule has 2 N–H and O–H groups in total. The molecular formula is C14H21FN2. The number of hydrogen-bond acceptors (Lipinski definition) is 2. The van der Waals surface area contributed by atoms with Crippen molar-refractivity contribution in [3.63, 3.8) is 0 Å². The summed E-state index contributed by atoms with van der Waals surface area (Å²) in [4.78, 5) is 2.40. The lowest BCUT2D eigenvalue weighted by molar-refractivity contribution is 0.134. The molecule has 0 aliphatic carbocycles. The molecule has 2 nitrogen and oxygen atoms in total. The highest BCUT2D eigenvalue weighted by molar-refractivity contribution is 5.40. The van der Waals surface area contributed by atoms with Crippen molar-refractivity contribution >= 4 is 5.69 Å². The average Bonchev–Trinajstić information content (AvgIpc) is 2.33. The molecule has 1 aromatic carbocycles. The van der Waals surface area contributed by atoms with Gasteiger partial charge in [-0.25, -0.2) is 4.39 Å². The second-order valence-electron chi connectivity index (χ2n) is 4.88. The molecule has 1 unspecified atom stereocenters. The predicted octanol–water partition coefficient (Wildman–Crippen LogP) is 3.17. The van der Waals surface area contributed by atoms with Gasteiger partial charge in [-0.3, -0.25) is 4.90 Å². The third-order valence-corrected chi connectivity index (χ3v) is 3.67. The lowest BCUT2D eigenvalue weighted by Gasteiger charge is -2.35. The zero-order chi connectivity index (χ0) is 12.3. The van der Waals surface area contributed by atoms with Crippen LogP contribution in [0.5, 0.6) is 0 Å². The molecule has 1 heterocycles. The number of nitrogens with two attached hydrogens (primary N) is 1. The summed E-state index contributed by atoms with van der Waals surface area (Å²) in [6.45, 7) is 4.01. The maximum absolute atomic E-state index is 13.7. The van der Waals surface area contributed by atoms with Gasteiger partial charge in [0.05, 0.1) is 0 Å². The fourth-order valence-corrected chi connectivity index (χ4v) is 2.64. The SMILES string of the molecule is CCC1CCCCN1Cc1ccc(N)cc1F. The maximum atomic E-state index is 13.7. The van der Waals surface area contributed by atoms with Crippen molar-refractivity contribution in [2.45, 2.75) is 45.2 Å². The van der Waals surface area contributed by atoms with Crippen LogP contribution in [0.4, 0.5) is 10.1 Å². The van der Waals surface area contributed by atoms with E-state index in [1.165, 1.54) is 25.3 Å². The maximum Gasteiger partial charge on any atom is 0.129 e. The van der Waals surface area contributed by atoms with Gasteiger partial charge in [0.2, 0.25) is 0 Å². The van der Waals surface area contributed by atoms with E-state index in [4.69, 9.17) is 5.73 Å². The van der Waals surface area contributed by atoms with Crippen LogP contribution in [-0.4, -0.2) is 17.5 Å². The lowest BCUT2D eigenvalue weighted by atomic mass is 9.99. The Kier molecular flexibility index (Phi) is 4.00. The van der Waals surface area contributed by atoms with Gasteiger partial charge >= 0.3 is 0 Å². The number of likely N-dealkylation sites (tertiary alicyclic amines) is 1. The van der Waals surface area contributed by atoms with Crippen LogP contribution >= 0.6 is 0 Å². The van der Waals surface area contributed by atoms with Crippen LogP contribution in [0.25, 0.3) is 0 Å². The van der Waals surface area contributed by atoms with E-state index in [0.29, 0.717) is 18.3 Å². The van der Waals surface area contributed by atoms with E-state index in [1.54, 1.807) is 6.07 Å². The van der Waals surface area contributed by atoms with Crippen LogP contribution in [0.2, 0.25) is 0 Å². The minimum Gasteiger partial charge on any atom is -0.399 e. The van der Waals surface area contributed by atoms with E-state index >= 15 is 0 Å². The Balaban J connectivity index is 2.08. The zero-order valence-corrected chi connectivity index (χ0v) is 10.5. The smallest absolute Gasteiger partial charge is 0.129 e. The fraction of sp³-hybridized carbons (Fsp3) is 0.571. The van der Waals surface area contributed by atoms with Gasteiger partial charge in [0.25, 0.3) is 0 Å².